The summed E-state index contributed by atoms with van der Waals surface area (Å²) in [6, 6.07) is 8.06. The van der Waals surface area contributed by atoms with Crippen molar-refractivity contribution < 1.29 is 4.79 Å². The highest BCUT2D eigenvalue weighted by atomic mass is 32.2. The molecular weight excluding hydrogens is 390 g/mol. The molecule has 0 bridgehead atoms. The summed E-state index contributed by atoms with van der Waals surface area (Å²) in [5.74, 6) is 2.29. The number of thiophene rings is 1. The maximum atomic E-state index is 13.2. The summed E-state index contributed by atoms with van der Waals surface area (Å²) in [5, 5.41) is 5.65. The molecule has 0 atom stereocenters. The van der Waals surface area contributed by atoms with E-state index in [4.69, 9.17) is 6.42 Å². The third kappa shape index (κ3) is 4.19. The Hall–Kier alpha value is -2.82. The zero-order valence-corrected chi connectivity index (χ0v) is 17.0. The molecule has 0 saturated heterocycles. The molecule has 7 heteroatoms. The molecular formula is C21H19N3O2S2. The van der Waals surface area contributed by atoms with Gasteiger partial charge in [-0.05, 0) is 12.5 Å². The van der Waals surface area contributed by atoms with Crippen molar-refractivity contribution in [2.45, 2.75) is 18.6 Å². The molecule has 3 rings (SSSR count). The molecule has 2 aromatic heterocycles. The number of allylic oxidation sites excluding steroid dienone is 1. The normalized spacial score (nSPS) is 10.6. The van der Waals surface area contributed by atoms with E-state index in [0.29, 0.717) is 21.9 Å². The van der Waals surface area contributed by atoms with Crippen molar-refractivity contribution >= 4 is 39.2 Å². The van der Waals surface area contributed by atoms with Gasteiger partial charge in [0, 0.05) is 17.5 Å². The average Bonchev–Trinajstić information content (AvgIpc) is 3.12. The van der Waals surface area contributed by atoms with E-state index in [1.807, 2.05) is 36.6 Å². The van der Waals surface area contributed by atoms with Gasteiger partial charge < -0.3 is 5.32 Å². The molecule has 0 radical (unpaired) electrons. The van der Waals surface area contributed by atoms with Crippen molar-refractivity contribution in [1.29, 1.82) is 0 Å². The van der Waals surface area contributed by atoms with Crippen LogP contribution in [0.3, 0.4) is 0 Å². The molecule has 0 aliphatic rings. The van der Waals surface area contributed by atoms with Crippen molar-refractivity contribution in [3.8, 4) is 23.5 Å². The maximum absolute atomic E-state index is 13.2. The second-order valence-electron chi connectivity index (χ2n) is 6.06. The number of aromatic nitrogens is 2. The first-order valence-corrected chi connectivity index (χ1v) is 10.4. The number of thioether (sulfide) groups is 1. The first kappa shape index (κ1) is 19.9. The minimum absolute atomic E-state index is 0.131. The van der Waals surface area contributed by atoms with E-state index < -0.39 is 0 Å². The third-order valence-electron chi connectivity index (χ3n) is 4.05. The number of aryl methyl sites for hydroxylation is 1. The van der Waals surface area contributed by atoms with Crippen LogP contribution in [-0.2, 0) is 11.3 Å². The van der Waals surface area contributed by atoms with Crippen molar-refractivity contribution in [3.05, 3.63) is 58.2 Å². The van der Waals surface area contributed by atoms with Crippen molar-refractivity contribution in [2.24, 2.45) is 0 Å². The molecule has 28 heavy (non-hydrogen) atoms. The lowest BCUT2D eigenvalue weighted by atomic mass is 10.1. The van der Waals surface area contributed by atoms with Crippen LogP contribution in [0.2, 0.25) is 0 Å². The fourth-order valence-corrected chi connectivity index (χ4v) is 4.51. The molecule has 1 amide bonds. The Morgan fingerprint density at radius 1 is 1.43 bits per heavy atom. The lowest BCUT2D eigenvalue weighted by Gasteiger charge is -2.10. The van der Waals surface area contributed by atoms with Gasteiger partial charge in [-0.15, -0.1) is 24.3 Å². The first-order chi connectivity index (χ1) is 13.5. The maximum Gasteiger partial charge on any atom is 0.263 e. The van der Waals surface area contributed by atoms with Gasteiger partial charge in [0.15, 0.2) is 5.16 Å². The van der Waals surface area contributed by atoms with Crippen molar-refractivity contribution in [1.82, 2.24) is 14.9 Å². The first-order valence-electron chi connectivity index (χ1n) is 8.58. The van der Waals surface area contributed by atoms with E-state index >= 15 is 0 Å². The Balaban J connectivity index is 2.02. The lowest BCUT2D eigenvalue weighted by molar-refractivity contribution is -0.118. The van der Waals surface area contributed by atoms with Crippen LogP contribution in [0.5, 0.6) is 0 Å². The molecule has 3 aromatic rings. The van der Waals surface area contributed by atoms with E-state index in [1.54, 1.807) is 10.6 Å². The Morgan fingerprint density at radius 3 is 2.86 bits per heavy atom. The molecule has 142 valence electrons. The summed E-state index contributed by atoms with van der Waals surface area (Å²) >= 11 is 2.64. The molecule has 1 N–H and O–H groups in total. The topological polar surface area (TPSA) is 64.0 Å². The molecule has 5 nitrogen and oxygen atoms in total. The Morgan fingerprint density at radius 2 is 2.18 bits per heavy atom. The number of hydrogen-bond acceptors (Lipinski definition) is 5. The Labute approximate surface area is 171 Å². The number of nitrogens with zero attached hydrogens (tertiary/aromatic N) is 2. The summed E-state index contributed by atoms with van der Waals surface area (Å²) in [5.41, 5.74) is 2.88. The molecule has 0 saturated carbocycles. The zero-order valence-electron chi connectivity index (χ0n) is 15.4. The van der Waals surface area contributed by atoms with Gasteiger partial charge in [-0.25, -0.2) is 4.98 Å². The van der Waals surface area contributed by atoms with Gasteiger partial charge in [0.1, 0.15) is 4.83 Å². The van der Waals surface area contributed by atoms with Gasteiger partial charge in [-0.2, -0.15) is 0 Å². The predicted octanol–water partition coefficient (Wildman–Crippen LogP) is 3.46. The Kier molecular flexibility index (Phi) is 6.34. The molecule has 0 fully saturated rings. The summed E-state index contributed by atoms with van der Waals surface area (Å²) in [6.45, 7) is 6.26. The third-order valence-corrected chi connectivity index (χ3v) is 5.90. The van der Waals surface area contributed by atoms with Gasteiger partial charge in [0.25, 0.3) is 5.56 Å². The highest BCUT2D eigenvalue weighted by molar-refractivity contribution is 7.99. The number of benzene rings is 1. The number of carbonyl (C=O) groups excluding carboxylic acids is 1. The fraction of sp³-hybridized carbons (Fsp3) is 0.190. The van der Waals surface area contributed by atoms with Crippen LogP contribution in [0.15, 0.2) is 52.3 Å². The van der Waals surface area contributed by atoms with E-state index in [9.17, 15) is 9.59 Å². The van der Waals surface area contributed by atoms with Crippen LogP contribution < -0.4 is 10.9 Å². The second-order valence-corrected chi connectivity index (χ2v) is 7.86. The van der Waals surface area contributed by atoms with Crippen LogP contribution in [0.1, 0.15) is 5.56 Å². The quantitative estimate of drug-likeness (QED) is 0.281. The number of amides is 1. The summed E-state index contributed by atoms with van der Waals surface area (Å²) in [7, 11) is 0. The monoisotopic (exact) mass is 409 g/mol. The predicted molar refractivity (Wildman–Crippen MR) is 117 cm³/mol. The minimum atomic E-state index is -0.200. The zero-order chi connectivity index (χ0) is 20.1. The van der Waals surface area contributed by atoms with Crippen LogP contribution in [0.25, 0.3) is 21.3 Å². The van der Waals surface area contributed by atoms with E-state index in [1.165, 1.54) is 23.1 Å². The van der Waals surface area contributed by atoms with Crippen molar-refractivity contribution in [2.75, 3.05) is 12.3 Å². The number of rotatable bonds is 7. The van der Waals surface area contributed by atoms with Gasteiger partial charge in [-0.3, -0.25) is 14.2 Å². The summed E-state index contributed by atoms with van der Waals surface area (Å²) < 4.78 is 1.55. The van der Waals surface area contributed by atoms with Gasteiger partial charge in [0.05, 0.1) is 17.7 Å². The van der Waals surface area contributed by atoms with Crippen LogP contribution >= 0.6 is 23.1 Å². The molecule has 0 aliphatic heterocycles. The number of nitrogens with one attached hydrogen (secondary N) is 1. The van der Waals surface area contributed by atoms with Gasteiger partial charge in [0.2, 0.25) is 5.91 Å². The molecule has 1 aromatic carbocycles. The fourth-order valence-electron chi connectivity index (χ4n) is 2.68. The summed E-state index contributed by atoms with van der Waals surface area (Å²) in [4.78, 5) is 30.4. The number of hydrogen-bond donors (Lipinski definition) is 1. The SMILES string of the molecule is C#CCNC(=O)CSc1nc2scc(-c3ccc(C)cc3)c2c(=O)n1CC=C. The molecule has 2 heterocycles. The summed E-state index contributed by atoms with van der Waals surface area (Å²) in [6.07, 6.45) is 6.80. The van der Waals surface area contributed by atoms with Crippen LogP contribution in [0.4, 0.5) is 0 Å². The lowest BCUT2D eigenvalue weighted by Crippen LogP contribution is -2.27. The minimum Gasteiger partial charge on any atom is -0.344 e. The molecule has 0 unspecified atom stereocenters. The second kappa shape index (κ2) is 8.91. The van der Waals surface area contributed by atoms with Gasteiger partial charge in [-0.1, -0.05) is 53.6 Å². The van der Waals surface area contributed by atoms with E-state index in [0.717, 1.165) is 16.7 Å². The molecule has 0 aliphatic carbocycles. The number of terminal acetylenes is 1. The van der Waals surface area contributed by atoms with Crippen molar-refractivity contribution in [3.63, 3.8) is 0 Å². The highest BCUT2D eigenvalue weighted by Gasteiger charge is 2.17. The van der Waals surface area contributed by atoms with Crippen LogP contribution in [0, 0.1) is 19.3 Å². The highest BCUT2D eigenvalue weighted by Crippen LogP contribution is 2.32. The van der Waals surface area contributed by atoms with Gasteiger partial charge >= 0.3 is 0 Å². The Bertz CT molecular complexity index is 1120. The van der Waals surface area contributed by atoms with E-state index in [2.05, 4.69) is 22.8 Å². The average molecular weight is 410 g/mol. The largest absolute Gasteiger partial charge is 0.344 e. The number of carbonyl (C=O) groups is 1. The smallest absolute Gasteiger partial charge is 0.263 e. The van der Waals surface area contributed by atoms with E-state index in [-0.39, 0.29) is 23.8 Å². The molecule has 0 spiro atoms. The van der Waals surface area contributed by atoms with Crippen LogP contribution in [-0.4, -0.2) is 27.8 Å². The standard InChI is InChI=1S/C21H19N3O2S2/c1-4-10-22-17(25)13-28-21-23-19-18(20(26)24(21)11-5-2)16(12-27-19)15-8-6-14(3)7-9-15/h1,5-9,12H,2,10-11,13H2,3H3,(H,22,25). The number of fused-ring (bicyclic) bond motifs is 1.